The molecule has 0 spiro atoms. The summed E-state index contributed by atoms with van der Waals surface area (Å²) < 4.78 is 11.2. The molecule has 0 fully saturated rings. The van der Waals surface area contributed by atoms with Crippen LogP contribution < -0.4 is 4.74 Å². The lowest BCUT2D eigenvalue weighted by atomic mass is 9.92. The van der Waals surface area contributed by atoms with E-state index in [0.29, 0.717) is 34.5 Å². The SMILES string of the molecule is CCc1c2c(c(C)c3oc4cc(OC)ccc4c13)C(=O)N(O)C2=O. The van der Waals surface area contributed by atoms with Crippen molar-refractivity contribution in [2.75, 3.05) is 7.11 Å². The fourth-order valence-corrected chi connectivity index (χ4v) is 3.51. The molecule has 0 atom stereocenters. The molecule has 0 saturated carbocycles. The molecule has 1 N–H and O–H groups in total. The van der Waals surface area contributed by atoms with Crippen molar-refractivity contribution in [2.24, 2.45) is 0 Å². The Morgan fingerprint density at radius 3 is 2.58 bits per heavy atom. The first kappa shape index (κ1) is 14.7. The summed E-state index contributed by atoms with van der Waals surface area (Å²) in [5.74, 6) is -0.722. The van der Waals surface area contributed by atoms with Crippen LogP contribution in [0.2, 0.25) is 0 Å². The van der Waals surface area contributed by atoms with Gasteiger partial charge >= 0.3 is 0 Å². The summed E-state index contributed by atoms with van der Waals surface area (Å²) in [6.07, 6.45) is 0.534. The number of benzene rings is 2. The van der Waals surface area contributed by atoms with E-state index in [4.69, 9.17) is 9.15 Å². The molecule has 24 heavy (non-hydrogen) atoms. The Balaban J connectivity index is 2.22. The number of hydrogen-bond donors (Lipinski definition) is 1. The van der Waals surface area contributed by atoms with Gasteiger partial charge in [-0.2, -0.15) is 0 Å². The highest BCUT2D eigenvalue weighted by molar-refractivity contribution is 6.26. The van der Waals surface area contributed by atoms with Gasteiger partial charge < -0.3 is 9.15 Å². The zero-order valence-electron chi connectivity index (χ0n) is 13.5. The predicted molar refractivity (Wildman–Crippen MR) is 86.7 cm³/mol. The van der Waals surface area contributed by atoms with Crippen molar-refractivity contribution < 1.29 is 24.0 Å². The number of rotatable bonds is 2. The maximum Gasteiger partial charge on any atom is 0.286 e. The molecule has 1 aliphatic heterocycles. The molecule has 0 radical (unpaired) electrons. The molecule has 2 aromatic carbocycles. The lowest BCUT2D eigenvalue weighted by molar-refractivity contribution is -0.0327. The molecule has 122 valence electrons. The maximum atomic E-state index is 12.3. The van der Waals surface area contributed by atoms with Crippen LogP contribution in [0.25, 0.3) is 21.9 Å². The van der Waals surface area contributed by atoms with Gasteiger partial charge in [0.1, 0.15) is 16.9 Å². The van der Waals surface area contributed by atoms with Crippen LogP contribution in [0.3, 0.4) is 0 Å². The zero-order chi connectivity index (χ0) is 17.2. The maximum absolute atomic E-state index is 12.3. The number of methoxy groups -OCH3 is 1. The van der Waals surface area contributed by atoms with Gasteiger partial charge in [0, 0.05) is 22.4 Å². The summed E-state index contributed by atoms with van der Waals surface area (Å²) in [4.78, 5) is 24.6. The number of carbonyl (C=O) groups excluding carboxylic acids is 2. The van der Waals surface area contributed by atoms with E-state index in [1.807, 2.05) is 19.1 Å². The van der Waals surface area contributed by atoms with Crippen molar-refractivity contribution in [3.8, 4) is 5.75 Å². The molecular formula is C18H15NO5. The minimum absolute atomic E-state index is 0.181. The molecule has 1 aliphatic rings. The van der Waals surface area contributed by atoms with Crippen LogP contribution in [-0.4, -0.2) is 29.2 Å². The fraction of sp³-hybridized carbons (Fsp3) is 0.222. The molecule has 6 nitrogen and oxygen atoms in total. The van der Waals surface area contributed by atoms with Gasteiger partial charge in [0.15, 0.2) is 0 Å². The molecule has 0 unspecified atom stereocenters. The van der Waals surface area contributed by atoms with E-state index in [9.17, 15) is 14.8 Å². The number of hydroxylamine groups is 2. The second-order valence-electron chi connectivity index (χ2n) is 5.80. The van der Waals surface area contributed by atoms with Crippen LogP contribution >= 0.6 is 0 Å². The summed E-state index contributed by atoms with van der Waals surface area (Å²) in [7, 11) is 1.58. The van der Waals surface area contributed by atoms with E-state index in [2.05, 4.69) is 0 Å². The Morgan fingerprint density at radius 1 is 1.21 bits per heavy atom. The van der Waals surface area contributed by atoms with Gasteiger partial charge in [0.2, 0.25) is 0 Å². The third-order valence-corrected chi connectivity index (χ3v) is 4.63. The first-order valence-electron chi connectivity index (χ1n) is 7.62. The topological polar surface area (TPSA) is 80.0 Å². The first-order chi connectivity index (χ1) is 11.5. The molecule has 0 aliphatic carbocycles. The molecule has 0 bridgehead atoms. The molecule has 3 aromatic rings. The van der Waals surface area contributed by atoms with Gasteiger partial charge in [-0.1, -0.05) is 6.92 Å². The molecule has 2 amide bonds. The quantitative estimate of drug-likeness (QED) is 0.576. The second kappa shape index (κ2) is 4.82. The van der Waals surface area contributed by atoms with Crippen molar-refractivity contribution in [2.45, 2.75) is 20.3 Å². The minimum Gasteiger partial charge on any atom is -0.497 e. The summed E-state index contributed by atoms with van der Waals surface area (Å²) in [5.41, 5.74) is 2.95. The van der Waals surface area contributed by atoms with E-state index in [0.717, 1.165) is 10.8 Å². The number of amides is 2. The summed E-state index contributed by atoms with van der Waals surface area (Å²) in [5, 5.41) is 11.6. The largest absolute Gasteiger partial charge is 0.497 e. The van der Waals surface area contributed by atoms with E-state index in [1.54, 1.807) is 20.1 Å². The molecule has 2 heterocycles. The molecule has 0 saturated heterocycles. The van der Waals surface area contributed by atoms with Crippen LogP contribution in [0.5, 0.6) is 5.75 Å². The third kappa shape index (κ3) is 1.63. The second-order valence-corrected chi connectivity index (χ2v) is 5.80. The van der Waals surface area contributed by atoms with Gasteiger partial charge in [-0.15, -0.1) is 5.06 Å². The lowest BCUT2D eigenvalue weighted by Crippen LogP contribution is -2.25. The highest BCUT2D eigenvalue weighted by atomic mass is 16.5. The smallest absolute Gasteiger partial charge is 0.286 e. The highest BCUT2D eigenvalue weighted by Gasteiger charge is 2.40. The van der Waals surface area contributed by atoms with Crippen molar-refractivity contribution in [3.63, 3.8) is 0 Å². The number of imide groups is 1. The number of carbonyl (C=O) groups is 2. The molecule has 4 rings (SSSR count). The Kier molecular flexibility index (Phi) is 2.95. The zero-order valence-corrected chi connectivity index (χ0v) is 13.5. The Labute approximate surface area is 137 Å². The first-order valence-corrected chi connectivity index (χ1v) is 7.62. The summed E-state index contributed by atoms with van der Waals surface area (Å²) in [6, 6.07) is 5.48. The molecular weight excluding hydrogens is 310 g/mol. The van der Waals surface area contributed by atoms with Gasteiger partial charge in [0.25, 0.3) is 11.8 Å². The van der Waals surface area contributed by atoms with Crippen LogP contribution in [0.4, 0.5) is 0 Å². The normalized spacial score (nSPS) is 14.1. The average molecular weight is 325 g/mol. The number of furan rings is 1. The van der Waals surface area contributed by atoms with Gasteiger partial charge in [0.05, 0.1) is 18.2 Å². The van der Waals surface area contributed by atoms with Gasteiger partial charge in [-0.3, -0.25) is 14.8 Å². The molecule has 6 heteroatoms. The number of fused-ring (bicyclic) bond motifs is 4. The summed E-state index contributed by atoms with van der Waals surface area (Å²) >= 11 is 0. The number of nitrogens with zero attached hydrogens (tertiary/aromatic N) is 1. The number of ether oxygens (including phenoxy) is 1. The van der Waals surface area contributed by atoms with Crippen LogP contribution in [0.15, 0.2) is 22.6 Å². The van der Waals surface area contributed by atoms with Gasteiger partial charge in [-0.05, 0) is 31.0 Å². The van der Waals surface area contributed by atoms with Crippen molar-refractivity contribution in [1.29, 1.82) is 0 Å². The van der Waals surface area contributed by atoms with Crippen LogP contribution in [-0.2, 0) is 6.42 Å². The third-order valence-electron chi connectivity index (χ3n) is 4.63. The lowest BCUT2D eigenvalue weighted by Gasteiger charge is -2.08. The Morgan fingerprint density at radius 2 is 1.92 bits per heavy atom. The fourth-order valence-electron chi connectivity index (χ4n) is 3.51. The summed E-state index contributed by atoms with van der Waals surface area (Å²) in [6.45, 7) is 3.63. The van der Waals surface area contributed by atoms with E-state index >= 15 is 0 Å². The van der Waals surface area contributed by atoms with E-state index in [1.165, 1.54) is 0 Å². The van der Waals surface area contributed by atoms with Crippen molar-refractivity contribution in [3.05, 3.63) is 40.5 Å². The van der Waals surface area contributed by atoms with E-state index in [-0.39, 0.29) is 16.2 Å². The number of hydrogen-bond acceptors (Lipinski definition) is 5. The van der Waals surface area contributed by atoms with Crippen molar-refractivity contribution in [1.82, 2.24) is 5.06 Å². The van der Waals surface area contributed by atoms with Crippen LogP contribution in [0.1, 0.15) is 38.8 Å². The minimum atomic E-state index is -0.706. The molecule has 1 aromatic heterocycles. The monoisotopic (exact) mass is 325 g/mol. The Bertz CT molecular complexity index is 1050. The highest BCUT2D eigenvalue weighted by Crippen LogP contribution is 2.41. The average Bonchev–Trinajstić information content (AvgIpc) is 3.07. The standard InChI is InChI=1S/C18H15NO5/c1-4-10-14-11-6-5-9(23-3)7-12(11)24-16(14)8(2)13-15(10)18(21)19(22)17(13)20/h5-7,22H,4H2,1-3H3. The number of aryl methyl sites for hydroxylation is 2. The Hall–Kier alpha value is -2.86. The van der Waals surface area contributed by atoms with Crippen LogP contribution in [0, 0.1) is 6.92 Å². The predicted octanol–water partition coefficient (Wildman–Crippen LogP) is 3.45. The van der Waals surface area contributed by atoms with Crippen molar-refractivity contribution >= 4 is 33.8 Å². The van der Waals surface area contributed by atoms with Gasteiger partial charge in [-0.25, -0.2) is 0 Å². The van der Waals surface area contributed by atoms with E-state index < -0.39 is 11.8 Å².